The smallest absolute Gasteiger partial charge is 0.252 e. The van der Waals surface area contributed by atoms with Crippen LogP contribution in [-0.2, 0) is 4.79 Å². The minimum atomic E-state index is -0.557. The standard InChI is InChI=1S/C17H15N3O2/c18-14-10-20-16(15(14)17(19)21)11-6-8-13(9-7-11)22-12-4-2-1-3-5-12/h1-9H,10,18H2,(H2,19,21). The number of amides is 1. The second-order valence-corrected chi connectivity index (χ2v) is 4.87. The highest BCUT2D eigenvalue weighted by atomic mass is 16.5. The van der Waals surface area contributed by atoms with Crippen LogP contribution in [0.1, 0.15) is 5.56 Å². The highest BCUT2D eigenvalue weighted by Crippen LogP contribution is 2.23. The maximum atomic E-state index is 11.5. The molecule has 2 aromatic carbocycles. The van der Waals surface area contributed by atoms with Crippen molar-refractivity contribution >= 4 is 11.6 Å². The minimum absolute atomic E-state index is 0.301. The van der Waals surface area contributed by atoms with Gasteiger partial charge in [-0.15, -0.1) is 0 Å². The van der Waals surface area contributed by atoms with Crippen LogP contribution in [0, 0.1) is 0 Å². The number of rotatable bonds is 4. The second-order valence-electron chi connectivity index (χ2n) is 4.87. The van der Waals surface area contributed by atoms with Gasteiger partial charge in [-0.05, 0) is 36.4 Å². The van der Waals surface area contributed by atoms with Gasteiger partial charge in [0.25, 0.3) is 5.91 Å². The Morgan fingerprint density at radius 3 is 2.27 bits per heavy atom. The lowest BCUT2D eigenvalue weighted by molar-refractivity contribution is -0.114. The Labute approximate surface area is 127 Å². The second kappa shape index (κ2) is 5.73. The molecule has 0 fully saturated rings. The van der Waals surface area contributed by atoms with Crippen LogP contribution in [0.15, 0.2) is 70.9 Å². The number of primary amides is 1. The monoisotopic (exact) mass is 293 g/mol. The molecule has 0 unspecified atom stereocenters. The fourth-order valence-corrected chi connectivity index (χ4v) is 2.29. The average molecular weight is 293 g/mol. The van der Waals surface area contributed by atoms with Crippen molar-refractivity contribution in [1.29, 1.82) is 0 Å². The molecule has 0 bridgehead atoms. The first-order chi connectivity index (χ1) is 10.6. The molecule has 1 amide bonds. The number of nitrogens with two attached hydrogens (primary N) is 2. The zero-order chi connectivity index (χ0) is 15.5. The summed E-state index contributed by atoms with van der Waals surface area (Å²) in [7, 11) is 0. The van der Waals surface area contributed by atoms with Crippen molar-refractivity contribution in [3.63, 3.8) is 0 Å². The predicted octanol–water partition coefficient (Wildman–Crippen LogP) is 1.98. The number of nitrogens with zero attached hydrogens (tertiary/aromatic N) is 1. The van der Waals surface area contributed by atoms with Crippen LogP contribution in [-0.4, -0.2) is 18.2 Å². The highest BCUT2D eigenvalue weighted by Gasteiger charge is 2.23. The van der Waals surface area contributed by atoms with Crippen molar-refractivity contribution in [2.45, 2.75) is 0 Å². The Morgan fingerprint density at radius 1 is 1.00 bits per heavy atom. The largest absolute Gasteiger partial charge is 0.457 e. The third-order valence-corrected chi connectivity index (χ3v) is 3.32. The Hall–Kier alpha value is -3.08. The van der Waals surface area contributed by atoms with E-state index in [0.29, 0.717) is 29.3 Å². The van der Waals surface area contributed by atoms with Crippen molar-refractivity contribution in [2.75, 3.05) is 6.54 Å². The van der Waals surface area contributed by atoms with Crippen molar-refractivity contribution in [3.8, 4) is 11.5 Å². The van der Waals surface area contributed by atoms with Gasteiger partial charge in [-0.1, -0.05) is 18.2 Å². The molecule has 0 saturated carbocycles. The van der Waals surface area contributed by atoms with E-state index in [-0.39, 0.29) is 0 Å². The van der Waals surface area contributed by atoms with E-state index in [0.717, 1.165) is 11.3 Å². The summed E-state index contributed by atoms with van der Waals surface area (Å²) in [6.07, 6.45) is 0. The van der Waals surface area contributed by atoms with Gasteiger partial charge in [0.15, 0.2) is 0 Å². The lowest BCUT2D eigenvalue weighted by atomic mass is 10.0. The van der Waals surface area contributed by atoms with Gasteiger partial charge >= 0.3 is 0 Å². The van der Waals surface area contributed by atoms with Crippen LogP contribution in [0.2, 0.25) is 0 Å². The van der Waals surface area contributed by atoms with E-state index in [4.69, 9.17) is 16.2 Å². The summed E-state index contributed by atoms with van der Waals surface area (Å²) in [5.41, 5.74) is 13.2. The summed E-state index contributed by atoms with van der Waals surface area (Å²) in [5, 5.41) is 0. The first kappa shape index (κ1) is 13.9. The number of hydrogen-bond donors (Lipinski definition) is 2. The number of benzene rings is 2. The van der Waals surface area contributed by atoms with Crippen LogP contribution in [0.4, 0.5) is 0 Å². The van der Waals surface area contributed by atoms with E-state index in [1.165, 1.54) is 0 Å². The van der Waals surface area contributed by atoms with E-state index in [2.05, 4.69) is 4.99 Å². The number of aliphatic imine (C=N–C) groups is 1. The van der Waals surface area contributed by atoms with Crippen LogP contribution in [0.3, 0.4) is 0 Å². The van der Waals surface area contributed by atoms with Gasteiger partial charge in [0.2, 0.25) is 0 Å². The fourth-order valence-electron chi connectivity index (χ4n) is 2.29. The maximum Gasteiger partial charge on any atom is 0.252 e. The molecule has 5 heteroatoms. The summed E-state index contributed by atoms with van der Waals surface area (Å²) in [5.74, 6) is 0.903. The Bertz CT molecular complexity index is 762. The molecule has 5 nitrogen and oxygen atoms in total. The maximum absolute atomic E-state index is 11.5. The minimum Gasteiger partial charge on any atom is -0.457 e. The number of para-hydroxylation sites is 1. The van der Waals surface area contributed by atoms with E-state index < -0.39 is 5.91 Å². The Kier molecular flexibility index (Phi) is 3.62. The predicted molar refractivity (Wildman–Crippen MR) is 84.8 cm³/mol. The molecule has 0 aromatic heterocycles. The zero-order valence-electron chi connectivity index (χ0n) is 11.8. The number of carbonyl (C=O) groups excluding carboxylic acids is 1. The average Bonchev–Trinajstić information content (AvgIpc) is 2.91. The van der Waals surface area contributed by atoms with Crippen LogP contribution >= 0.6 is 0 Å². The van der Waals surface area contributed by atoms with Crippen molar-refractivity contribution in [1.82, 2.24) is 0 Å². The van der Waals surface area contributed by atoms with Crippen molar-refractivity contribution in [2.24, 2.45) is 16.5 Å². The number of carbonyl (C=O) groups is 1. The quantitative estimate of drug-likeness (QED) is 0.903. The van der Waals surface area contributed by atoms with Crippen LogP contribution < -0.4 is 16.2 Å². The molecule has 1 heterocycles. The summed E-state index contributed by atoms with van der Waals surface area (Å²) >= 11 is 0. The first-order valence-corrected chi connectivity index (χ1v) is 6.82. The van der Waals surface area contributed by atoms with E-state index in [9.17, 15) is 4.79 Å². The molecule has 0 saturated heterocycles. The number of ether oxygens (including phenoxy) is 1. The van der Waals surface area contributed by atoms with Crippen LogP contribution in [0.25, 0.3) is 0 Å². The molecule has 4 N–H and O–H groups in total. The van der Waals surface area contributed by atoms with Gasteiger partial charge < -0.3 is 16.2 Å². The summed E-state index contributed by atoms with van der Waals surface area (Å²) in [6.45, 7) is 0.301. The van der Waals surface area contributed by atoms with Gasteiger partial charge in [0, 0.05) is 11.3 Å². The molecule has 0 spiro atoms. The Balaban J connectivity index is 1.82. The molecular weight excluding hydrogens is 278 g/mol. The molecule has 1 aliphatic heterocycles. The van der Waals surface area contributed by atoms with Gasteiger partial charge in [0.05, 0.1) is 17.8 Å². The van der Waals surface area contributed by atoms with Gasteiger partial charge in [0.1, 0.15) is 11.5 Å². The Morgan fingerprint density at radius 2 is 1.64 bits per heavy atom. The fraction of sp³-hybridized carbons (Fsp3) is 0.0588. The summed E-state index contributed by atoms with van der Waals surface area (Å²) in [6, 6.07) is 16.8. The van der Waals surface area contributed by atoms with Gasteiger partial charge in [-0.3, -0.25) is 9.79 Å². The number of hydrogen-bond acceptors (Lipinski definition) is 4. The third-order valence-electron chi connectivity index (χ3n) is 3.32. The first-order valence-electron chi connectivity index (χ1n) is 6.82. The topological polar surface area (TPSA) is 90.7 Å². The van der Waals surface area contributed by atoms with E-state index >= 15 is 0 Å². The van der Waals surface area contributed by atoms with E-state index in [1.807, 2.05) is 54.6 Å². The summed E-state index contributed by atoms with van der Waals surface area (Å²) in [4.78, 5) is 15.8. The lowest BCUT2D eigenvalue weighted by Crippen LogP contribution is -2.22. The van der Waals surface area contributed by atoms with Gasteiger partial charge in [-0.25, -0.2) is 0 Å². The van der Waals surface area contributed by atoms with Crippen molar-refractivity contribution < 1.29 is 9.53 Å². The van der Waals surface area contributed by atoms with Crippen molar-refractivity contribution in [3.05, 3.63) is 71.4 Å². The molecular formula is C17H15N3O2. The zero-order valence-corrected chi connectivity index (χ0v) is 11.8. The van der Waals surface area contributed by atoms with Crippen LogP contribution in [0.5, 0.6) is 11.5 Å². The molecule has 22 heavy (non-hydrogen) atoms. The highest BCUT2D eigenvalue weighted by molar-refractivity contribution is 6.29. The molecule has 0 aliphatic carbocycles. The van der Waals surface area contributed by atoms with E-state index in [1.54, 1.807) is 0 Å². The molecule has 2 aromatic rings. The van der Waals surface area contributed by atoms with Gasteiger partial charge in [-0.2, -0.15) is 0 Å². The third kappa shape index (κ3) is 2.69. The molecule has 1 aliphatic rings. The molecule has 0 radical (unpaired) electrons. The molecule has 110 valence electrons. The molecule has 3 rings (SSSR count). The molecule has 0 atom stereocenters. The SMILES string of the molecule is NC(=O)C1=C(N)CN=C1c1ccc(Oc2ccccc2)cc1. The normalized spacial score (nSPS) is 13.9. The summed E-state index contributed by atoms with van der Waals surface area (Å²) < 4.78 is 5.72. The lowest BCUT2D eigenvalue weighted by Gasteiger charge is -2.08.